The fourth-order valence-electron chi connectivity index (χ4n) is 3.30. The Morgan fingerprint density at radius 2 is 1.90 bits per heavy atom. The Hall–Kier alpha value is -1.27. The normalized spacial score (nSPS) is 37.0. The molecule has 2 aliphatic carbocycles. The number of amides is 1. The van der Waals surface area contributed by atoms with E-state index < -0.39 is 30.5 Å². The third-order valence-corrected chi connectivity index (χ3v) is 4.92. The lowest BCUT2D eigenvalue weighted by atomic mass is 9.86. The average Bonchev–Trinajstić information content (AvgIpc) is 3.21. The SMILES string of the molecule is O=C(C1CC1C1CC1)N1CCC(C(=O)O)(C(F)(F)F)C1. The van der Waals surface area contributed by atoms with Gasteiger partial charge in [0.05, 0.1) is 0 Å². The topological polar surface area (TPSA) is 57.6 Å². The summed E-state index contributed by atoms with van der Waals surface area (Å²) in [7, 11) is 0. The second-order valence-corrected chi connectivity index (χ2v) is 6.24. The highest BCUT2D eigenvalue weighted by atomic mass is 19.4. The Morgan fingerprint density at radius 3 is 2.35 bits per heavy atom. The second kappa shape index (κ2) is 4.11. The number of carbonyl (C=O) groups is 2. The average molecular weight is 291 g/mol. The molecule has 4 nitrogen and oxygen atoms in total. The van der Waals surface area contributed by atoms with Crippen molar-refractivity contribution in [2.75, 3.05) is 13.1 Å². The second-order valence-electron chi connectivity index (χ2n) is 6.24. The van der Waals surface area contributed by atoms with Crippen molar-refractivity contribution >= 4 is 11.9 Å². The number of likely N-dealkylation sites (tertiary alicyclic amines) is 1. The smallest absolute Gasteiger partial charge is 0.406 e. The van der Waals surface area contributed by atoms with Crippen molar-refractivity contribution in [2.45, 2.75) is 31.9 Å². The lowest BCUT2D eigenvalue weighted by Crippen LogP contribution is -2.48. The number of hydrogen-bond acceptors (Lipinski definition) is 2. The van der Waals surface area contributed by atoms with Gasteiger partial charge in [0.25, 0.3) is 0 Å². The molecule has 3 rings (SSSR count). The maximum absolute atomic E-state index is 13.0. The van der Waals surface area contributed by atoms with E-state index in [1.54, 1.807) is 0 Å². The fraction of sp³-hybridized carbons (Fsp3) is 0.846. The van der Waals surface area contributed by atoms with Crippen LogP contribution in [0.3, 0.4) is 0 Å². The van der Waals surface area contributed by atoms with Gasteiger partial charge in [-0.25, -0.2) is 0 Å². The number of carboxylic acid groups (broad SMARTS) is 1. The molecule has 0 aromatic carbocycles. The third kappa shape index (κ3) is 1.98. The van der Waals surface area contributed by atoms with Crippen molar-refractivity contribution in [3.8, 4) is 0 Å². The monoisotopic (exact) mass is 291 g/mol. The van der Waals surface area contributed by atoms with Crippen LogP contribution in [0.2, 0.25) is 0 Å². The Balaban J connectivity index is 1.69. The van der Waals surface area contributed by atoms with Crippen LogP contribution in [-0.4, -0.2) is 41.1 Å². The molecular formula is C13H16F3NO3. The first-order valence-corrected chi connectivity index (χ1v) is 6.85. The van der Waals surface area contributed by atoms with Crippen molar-refractivity contribution < 1.29 is 27.9 Å². The molecule has 0 spiro atoms. The van der Waals surface area contributed by atoms with Gasteiger partial charge in [-0.1, -0.05) is 0 Å². The summed E-state index contributed by atoms with van der Waals surface area (Å²) in [6.45, 7) is -0.850. The number of carbonyl (C=O) groups excluding carboxylic acids is 1. The van der Waals surface area contributed by atoms with Crippen molar-refractivity contribution in [3.63, 3.8) is 0 Å². The predicted molar refractivity (Wildman–Crippen MR) is 61.6 cm³/mol. The molecule has 3 fully saturated rings. The Morgan fingerprint density at radius 1 is 1.25 bits per heavy atom. The summed E-state index contributed by atoms with van der Waals surface area (Å²) >= 11 is 0. The van der Waals surface area contributed by atoms with E-state index in [4.69, 9.17) is 5.11 Å². The summed E-state index contributed by atoms with van der Waals surface area (Å²) in [6.07, 6.45) is -2.40. The van der Waals surface area contributed by atoms with Gasteiger partial charge in [-0.15, -0.1) is 0 Å². The molecule has 0 aromatic rings. The van der Waals surface area contributed by atoms with Crippen molar-refractivity contribution in [1.82, 2.24) is 4.90 Å². The quantitative estimate of drug-likeness (QED) is 0.864. The van der Waals surface area contributed by atoms with E-state index >= 15 is 0 Å². The van der Waals surface area contributed by atoms with Gasteiger partial charge in [0.15, 0.2) is 5.41 Å². The first-order chi connectivity index (χ1) is 9.26. The van der Waals surface area contributed by atoms with Crippen LogP contribution in [0.25, 0.3) is 0 Å². The van der Waals surface area contributed by atoms with Crippen LogP contribution in [0.5, 0.6) is 0 Å². The summed E-state index contributed by atoms with van der Waals surface area (Å²) in [6, 6.07) is 0. The summed E-state index contributed by atoms with van der Waals surface area (Å²) in [5, 5.41) is 8.95. The minimum atomic E-state index is -4.83. The van der Waals surface area contributed by atoms with Gasteiger partial charge >= 0.3 is 12.1 Å². The molecule has 1 N–H and O–H groups in total. The number of aliphatic carboxylic acids is 1. The number of carboxylic acids is 1. The number of halogens is 3. The zero-order chi connectivity index (χ0) is 14.7. The number of hydrogen-bond donors (Lipinski definition) is 1. The summed E-state index contributed by atoms with van der Waals surface area (Å²) in [5.74, 6) is -1.43. The van der Waals surface area contributed by atoms with Crippen LogP contribution in [-0.2, 0) is 9.59 Å². The van der Waals surface area contributed by atoms with Crippen LogP contribution in [0.1, 0.15) is 25.7 Å². The van der Waals surface area contributed by atoms with Crippen molar-refractivity contribution in [2.24, 2.45) is 23.2 Å². The first kappa shape index (κ1) is 13.7. The molecule has 20 heavy (non-hydrogen) atoms. The minimum Gasteiger partial charge on any atom is -0.481 e. The molecule has 1 amide bonds. The van der Waals surface area contributed by atoms with E-state index in [0.717, 1.165) is 24.2 Å². The van der Waals surface area contributed by atoms with Crippen molar-refractivity contribution in [1.29, 1.82) is 0 Å². The van der Waals surface area contributed by atoms with Gasteiger partial charge in [0.1, 0.15) is 0 Å². The highest BCUT2D eigenvalue weighted by Crippen LogP contribution is 2.55. The molecule has 2 saturated carbocycles. The molecule has 3 atom stereocenters. The summed E-state index contributed by atoms with van der Waals surface area (Å²) in [5.41, 5.74) is -2.79. The molecule has 1 saturated heterocycles. The van der Waals surface area contributed by atoms with Crippen LogP contribution >= 0.6 is 0 Å². The molecule has 1 aliphatic heterocycles. The molecule has 0 radical (unpaired) electrons. The summed E-state index contributed by atoms with van der Waals surface area (Å²) < 4.78 is 39.0. The first-order valence-electron chi connectivity index (χ1n) is 6.85. The van der Waals surface area contributed by atoms with E-state index in [-0.39, 0.29) is 18.4 Å². The highest BCUT2D eigenvalue weighted by molar-refractivity contribution is 5.84. The standard InChI is InChI=1S/C13H16F3NO3/c14-13(15,16)12(11(19)20)3-4-17(6-12)10(18)9-5-8(9)7-1-2-7/h7-9H,1-6H2,(H,19,20). The Kier molecular flexibility index (Phi) is 2.82. The van der Waals surface area contributed by atoms with Gasteiger partial charge in [-0.05, 0) is 37.5 Å². The lowest BCUT2D eigenvalue weighted by Gasteiger charge is -2.27. The Labute approximate surface area is 113 Å². The van der Waals surface area contributed by atoms with Crippen LogP contribution < -0.4 is 0 Å². The third-order valence-electron chi connectivity index (χ3n) is 4.92. The van der Waals surface area contributed by atoms with Crippen molar-refractivity contribution in [3.05, 3.63) is 0 Å². The van der Waals surface area contributed by atoms with E-state index in [1.807, 2.05) is 0 Å². The lowest BCUT2D eigenvalue weighted by molar-refractivity contribution is -0.227. The van der Waals surface area contributed by atoms with Crippen LogP contribution in [0.15, 0.2) is 0 Å². The molecule has 0 aromatic heterocycles. The van der Waals surface area contributed by atoms with E-state index in [0.29, 0.717) is 11.8 Å². The molecular weight excluding hydrogens is 275 g/mol. The number of alkyl halides is 3. The van der Waals surface area contributed by atoms with E-state index in [1.165, 1.54) is 0 Å². The van der Waals surface area contributed by atoms with E-state index in [2.05, 4.69) is 0 Å². The maximum Gasteiger partial charge on any atom is 0.406 e. The van der Waals surface area contributed by atoms with Gasteiger partial charge < -0.3 is 10.0 Å². The van der Waals surface area contributed by atoms with Crippen LogP contribution in [0, 0.1) is 23.2 Å². The van der Waals surface area contributed by atoms with Crippen LogP contribution in [0.4, 0.5) is 13.2 Å². The minimum absolute atomic E-state index is 0.113. The molecule has 3 aliphatic rings. The fourth-order valence-corrected chi connectivity index (χ4v) is 3.30. The van der Waals surface area contributed by atoms with E-state index in [9.17, 15) is 22.8 Å². The molecule has 7 heteroatoms. The number of rotatable bonds is 3. The predicted octanol–water partition coefficient (Wildman–Crippen LogP) is 1.90. The zero-order valence-corrected chi connectivity index (χ0v) is 10.8. The number of nitrogens with zero attached hydrogens (tertiary/aromatic N) is 1. The molecule has 1 heterocycles. The van der Waals surface area contributed by atoms with Gasteiger partial charge in [0, 0.05) is 19.0 Å². The molecule has 112 valence electrons. The van der Waals surface area contributed by atoms with Gasteiger partial charge in [0.2, 0.25) is 5.91 Å². The largest absolute Gasteiger partial charge is 0.481 e. The summed E-state index contributed by atoms with van der Waals surface area (Å²) in [4.78, 5) is 24.3. The molecule has 0 bridgehead atoms. The zero-order valence-electron chi connectivity index (χ0n) is 10.8. The van der Waals surface area contributed by atoms with Gasteiger partial charge in [-0.3, -0.25) is 9.59 Å². The van der Waals surface area contributed by atoms with Gasteiger partial charge in [-0.2, -0.15) is 13.2 Å². The molecule has 3 unspecified atom stereocenters. The maximum atomic E-state index is 13.0. The Bertz CT molecular complexity index is 460. The highest BCUT2D eigenvalue weighted by Gasteiger charge is 2.65.